The van der Waals surface area contributed by atoms with E-state index in [2.05, 4.69) is 0 Å². The van der Waals surface area contributed by atoms with Gasteiger partial charge in [0.2, 0.25) is 0 Å². The molecular formula is C19H27NO6S. The molecule has 150 valence electrons. The van der Waals surface area contributed by atoms with Crippen LogP contribution >= 0.6 is 0 Å². The van der Waals surface area contributed by atoms with Crippen molar-refractivity contribution < 1.29 is 27.5 Å². The first kappa shape index (κ1) is 21.4. The lowest BCUT2D eigenvalue weighted by Gasteiger charge is -2.36. The molecule has 3 unspecified atom stereocenters. The number of amides is 1. The quantitative estimate of drug-likeness (QED) is 0.679. The zero-order valence-corrected chi connectivity index (χ0v) is 17.0. The van der Waals surface area contributed by atoms with Crippen molar-refractivity contribution in [2.24, 2.45) is 0 Å². The molecule has 1 aromatic rings. The van der Waals surface area contributed by atoms with Gasteiger partial charge in [-0.25, -0.2) is 8.42 Å². The van der Waals surface area contributed by atoms with Crippen molar-refractivity contribution in [3.8, 4) is 0 Å². The van der Waals surface area contributed by atoms with Crippen LogP contribution in [0, 0.1) is 6.92 Å². The second-order valence-corrected chi connectivity index (χ2v) is 9.12. The van der Waals surface area contributed by atoms with Crippen LogP contribution in [0.4, 0.5) is 0 Å². The monoisotopic (exact) mass is 397 g/mol. The van der Waals surface area contributed by atoms with E-state index in [4.69, 9.17) is 9.47 Å². The molecule has 8 heteroatoms. The highest BCUT2D eigenvalue weighted by molar-refractivity contribution is 7.91. The Morgan fingerprint density at radius 3 is 2.30 bits per heavy atom. The Kier molecular flexibility index (Phi) is 7.00. The number of carbonyl (C=O) groups is 2. The third-order valence-corrected chi connectivity index (χ3v) is 6.07. The van der Waals surface area contributed by atoms with Crippen LogP contribution in [0.1, 0.15) is 32.8 Å². The Balaban J connectivity index is 1.87. The van der Waals surface area contributed by atoms with E-state index < -0.39 is 21.9 Å². The van der Waals surface area contributed by atoms with Crippen LogP contribution in [0.3, 0.4) is 0 Å². The molecule has 7 nitrogen and oxygen atoms in total. The summed E-state index contributed by atoms with van der Waals surface area (Å²) in [5, 5.41) is 0. The predicted molar refractivity (Wildman–Crippen MR) is 100.0 cm³/mol. The summed E-state index contributed by atoms with van der Waals surface area (Å²) < 4.78 is 35.3. The molecule has 27 heavy (non-hydrogen) atoms. The third-order valence-electron chi connectivity index (χ3n) is 4.34. The van der Waals surface area contributed by atoms with Gasteiger partial charge in [-0.1, -0.05) is 17.7 Å². The zero-order valence-electron chi connectivity index (χ0n) is 16.2. The van der Waals surface area contributed by atoms with Crippen molar-refractivity contribution in [1.82, 2.24) is 4.90 Å². The van der Waals surface area contributed by atoms with Crippen LogP contribution in [-0.2, 0) is 28.9 Å². The van der Waals surface area contributed by atoms with Crippen molar-refractivity contribution in [3.63, 3.8) is 0 Å². The van der Waals surface area contributed by atoms with Gasteiger partial charge < -0.3 is 14.4 Å². The van der Waals surface area contributed by atoms with Gasteiger partial charge in [-0.05, 0) is 39.8 Å². The van der Waals surface area contributed by atoms with Gasteiger partial charge in [-0.15, -0.1) is 0 Å². The summed E-state index contributed by atoms with van der Waals surface area (Å²) in [6.45, 7) is 7.99. The molecule has 1 aliphatic heterocycles. The molecule has 0 spiro atoms. The van der Waals surface area contributed by atoms with Gasteiger partial charge in [0.1, 0.15) is 0 Å². The minimum Gasteiger partial charge on any atom is -0.453 e. The highest BCUT2D eigenvalue weighted by Gasteiger charge is 2.30. The van der Waals surface area contributed by atoms with Crippen molar-refractivity contribution in [1.29, 1.82) is 0 Å². The smallest absolute Gasteiger partial charge is 0.307 e. The topological polar surface area (TPSA) is 90.0 Å². The fourth-order valence-electron chi connectivity index (χ4n) is 3.00. The predicted octanol–water partition coefficient (Wildman–Crippen LogP) is 1.73. The van der Waals surface area contributed by atoms with E-state index in [-0.39, 0.29) is 35.2 Å². The van der Waals surface area contributed by atoms with E-state index >= 15 is 0 Å². The standard InChI is InChI=1S/C19H27NO6S/c1-13-5-7-17(8-6-13)27(23,24)10-9-18(21)26-16(4)19(22)20-11-14(2)25-15(3)12-20/h5-8,14-16H,9-12H2,1-4H3. The lowest BCUT2D eigenvalue weighted by molar-refractivity contribution is -0.164. The van der Waals surface area contributed by atoms with Crippen LogP contribution in [-0.4, -0.2) is 62.3 Å². The number of nitrogens with zero attached hydrogens (tertiary/aromatic N) is 1. The van der Waals surface area contributed by atoms with E-state index in [0.717, 1.165) is 5.56 Å². The molecule has 0 radical (unpaired) electrons. The summed E-state index contributed by atoms with van der Waals surface area (Å²) in [5.41, 5.74) is 0.951. The molecule has 0 aromatic heterocycles. The molecule has 1 saturated heterocycles. The molecule has 1 aromatic carbocycles. The zero-order chi connectivity index (χ0) is 20.2. The number of carbonyl (C=O) groups excluding carboxylic acids is 2. The summed E-state index contributed by atoms with van der Waals surface area (Å²) in [6.07, 6.45) is -1.43. The third kappa shape index (κ3) is 6.04. The fraction of sp³-hybridized carbons (Fsp3) is 0.579. The second-order valence-electron chi connectivity index (χ2n) is 7.01. The van der Waals surface area contributed by atoms with Crippen LogP contribution < -0.4 is 0 Å². The number of morpholine rings is 1. The SMILES string of the molecule is Cc1ccc(S(=O)(=O)CCC(=O)OC(C)C(=O)N2CC(C)OC(C)C2)cc1. The van der Waals surface area contributed by atoms with Gasteiger partial charge >= 0.3 is 5.97 Å². The molecule has 0 N–H and O–H groups in total. The first-order valence-electron chi connectivity index (χ1n) is 9.01. The number of ether oxygens (including phenoxy) is 2. The average molecular weight is 397 g/mol. The molecule has 3 atom stereocenters. The molecule has 0 aliphatic carbocycles. The van der Waals surface area contributed by atoms with Crippen LogP contribution in [0.15, 0.2) is 29.2 Å². The molecule has 1 aliphatic rings. The summed E-state index contributed by atoms with van der Waals surface area (Å²) in [6, 6.07) is 6.44. The van der Waals surface area contributed by atoms with E-state index in [1.54, 1.807) is 17.0 Å². The Bertz CT molecular complexity index is 764. The number of esters is 1. The molecule has 1 fully saturated rings. The van der Waals surface area contributed by atoms with Crippen molar-refractivity contribution in [3.05, 3.63) is 29.8 Å². The number of aryl methyl sites for hydroxylation is 1. The molecule has 1 heterocycles. The maximum atomic E-state index is 12.5. The van der Waals surface area contributed by atoms with Gasteiger partial charge in [-0.2, -0.15) is 0 Å². The van der Waals surface area contributed by atoms with E-state index in [0.29, 0.717) is 13.1 Å². The first-order valence-corrected chi connectivity index (χ1v) is 10.7. The summed E-state index contributed by atoms with van der Waals surface area (Å²) in [5.74, 6) is -1.37. The molecule has 2 rings (SSSR count). The van der Waals surface area contributed by atoms with Crippen LogP contribution in [0.25, 0.3) is 0 Å². The number of rotatable bonds is 6. The first-order chi connectivity index (χ1) is 12.6. The van der Waals surface area contributed by atoms with E-state index in [1.807, 2.05) is 20.8 Å². The molecule has 0 saturated carbocycles. The second kappa shape index (κ2) is 8.84. The normalized spacial score (nSPS) is 21.6. The Hall–Kier alpha value is -1.93. The van der Waals surface area contributed by atoms with Gasteiger partial charge in [0.15, 0.2) is 15.9 Å². The van der Waals surface area contributed by atoms with E-state index in [1.165, 1.54) is 19.1 Å². The Labute approximate surface area is 160 Å². The summed E-state index contributed by atoms with van der Waals surface area (Å²) >= 11 is 0. The highest BCUT2D eigenvalue weighted by atomic mass is 32.2. The lowest BCUT2D eigenvalue weighted by atomic mass is 10.2. The van der Waals surface area contributed by atoms with Crippen LogP contribution in [0.5, 0.6) is 0 Å². The Morgan fingerprint density at radius 1 is 1.19 bits per heavy atom. The number of sulfone groups is 1. The Morgan fingerprint density at radius 2 is 1.74 bits per heavy atom. The van der Waals surface area contributed by atoms with Crippen molar-refractivity contribution >= 4 is 21.7 Å². The molecule has 1 amide bonds. The highest BCUT2D eigenvalue weighted by Crippen LogP contribution is 2.15. The number of benzene rings is 1. The maximum Gasteiger partial charge on any atom is 0.307 e. The van der Waals surface area contributed by atoms with Crippen molar-refractivity contribution in [2.45, 2.75) is 57.3 Å². The van der Waals surface area contributed by atoms with Gasteiger partial charge in [0, 0.05) is 13.1 Å². The lowest BCUT2D eigenvalue weighted by Crippen LogP contribution is -2.51. The van der Waals surface area contributed by atoms with Gasteiger partial charge in [0.05, 0.1) is 29.3 Å². The molecule has 0 bridgehead atoms. The summed E-state index contributed by atoms with van der Waals surface area (Å²) in [7, 11) is -3.58. The molecular weight excluding hydrogens is 370 g/mol. The minimum atomic E-state index is -3.58. The maximum absolute atomic E-state index is 12.5. The van der Waals surface area contributed by atoms with Gasteiger partial charge in [-0.3, -0.25) is 9.59 Å². The van der Waals surface area contributed by atoms with Crippen molar-refractivity contribution in [2.75, 3.05) is 18.8 Å². The van der Waals surface area contributed by atoms with Crippen LogP contribution in [0.2, 0.25) is 0 Å². The van der Waals surface area contributed by atoms with E-state index in [9.17, 15) is 18.0 Å². The largest absolute Gasteiger partial charge is 0.453 e. The minimum absolute atomic E-state index is 0.0831. The summed E-state index contributed by atoms with van der Waals surface area (Å²) in [4.78, 5) is 26.3. The number of hydrogen-bond donors (Lipinski definition) is 0. The van der Waals surface area contributed by atoms with Gasteiger partial charge in [0.25, 0.3) is 5.91 Å². The number of hydrogen-bond acceptors (Lipinski definition) is 6. The fourth-order valence-corrected chi connectivity index (χ4v) is 4.22. The average Bonchev–Trinajstić information content (AvgIpc) is 2.59.